The molecule has 3 heterocycles. The third-order valence-electron chi connectivity index (χ3n) is 3.32. The Balaban J connectivity index is 1.69. The first-order valence-electron chi connectivity index (χ1n) is 8.61. The van der Waals surface area contributed by atoms with Gasteiger partial charge in [-0.05, 0) is 33.7 Å². The SMILES string of the molecule is [2H]Nc1nc(SCCNc2nc(Cl)nc(NC)n2)nc(-[n+]2cccc(C(=O)[O-])c2)n1. The maximum atomic E-state index is 11.1. The molecule has 0 aliphatic heterocycles. The number of carboxylic acids is 1. The Morgan fingerprint density at radius 2 is 2.14 bits per heavy atom. The summed E-state index contributed by atoms with van der Waals surface area (Å²) in [5.74, 6) is 0.0421. The Bertz CT molecular complexity index is 1060. The van der Waals surface area contributed by atoms with E-state index in [9.17, 15) is 9.90 Å². The van der Waals surface area contributed by atoms with Crippen LogP contribution in [0.25, 0.3) is 5.95 Å². The van der Waals surface area contributed by atoms with Crippen molar-refractivity contribution < 1.29 is 15.9 Å². The number of halogens is 1. The monoisotopic (exact) mass is 435 g/mol. The first-order chi connectivity index (χ1) is 14.5. The zero-order valence-electron chi connectivity index (χ0n) is 16.0. The van der Waals surface area contributed by atoms with E-state index in [4.69, 9.17) is 13.0 Å². The van der Waals surface area contributed by atoms with Gasteiger partial charge >= 0.3 is 11.9 Å². The quantitative estimate of drug-likeness (QED) is 0.217. The Morgan fingerprint density at radius 3 is 2.90 bits per heavy atom. The molecule has 150 valence electrons. The minimum absolute atomic E-state index is 0.0183. The van der Waals surface area contributed by atoms with Crippen molar-refractivity contribution in [2.45, 2.75) is 5.16 Å². The van der Waals surface area contributed by atoms with Crippen LogP contribution in [0.3, 0.4) is 0 Å². The normalized spacial score (nSPS) is 10.9. The van der Waals surface area contributed by atoms with Crippen LogP contribution in [0.15, 0.2) is 29.7 Å². The molecule has 0 atom stereocenters. The molecular weight excluding hydrogens is 420 g/mol. The summed E-state index contributed by atoms with van der Waals surface area (Å²) in [5.41, 5.74) is 2.08. The topological polar surface area (TPSA) is 171 Å². The van der Waals surface area contributed by atoms with E-state index >= 15 is 0 Å². The zero-order valence-corrected chi connectivity index (χ0v) is 16.5. The van der Waals surface area contributed by atoms with Gasteiger partial charge < -0.3 is 26.3 Å². The predicted molar refractivity (Wildman–Crippen MR) is 104 cm³/mol. The van der Waals surface area contributed by atoms with Gasteiger partial charge in [-0.15, -0.1) is 0 Å². The van der Waals surface area contributed by atoms with E-state index in [-0.39, 0.29) is 22.7 Å². The summed E-state index contributed by atoms with van der Waals surface area (Å²) in [6.45, 7) is 0.464. The van der Waals surface area contributed by atoms with Gasteiger partial charge in [-0.2, -0.15) is 19.9 Å². The number of rotatable bonds is 9. The van der Waals surface area contributed by atoms with E-state index in [1.165, 1.54) is 34.7 Å². The molecule has 0 saturated carbocycles. The highest BCUT2D eigenvalue weighted by Crippen LogP contribution is 2.14. The summed E-state index contributed by atoms with van der Waals surface area (Å²) in [4.78, 5) is 35.6. The van der Waals surface area contributed by atoms with Gasteiger partial charge in [0.2, 0.25) is 17.2 Å². The Labute approximate surface area is 175 Å². The Hall–Kier alpha value is -3.32. The fourth-order valence-corrected chi connectivity index (χ4v) is 2.94. The van der Waals surface area contributed by atoms with Crippen molar-refractivity contribution in [3.8, 4) is 5.95 Å². The summed E-state index contributed by atoms with van der Waals surface area (Å²) in [5, 5.41) is 17.3. The zero-order chi connectivity index (χ0) is 21.5. The number of hydrogen-bond acceptors (Lipinski definition) is 12. The molecule has 0 fully saturated rings. The van der Waals surface area contributed by atoms with Gasteiger partial charge in [0, 0.05) is 24.9 Å². The molecule has 3 rings (SSSR count). The lowest BCUT2D eigenvalue weighted by molar-refractivity contribution is -0.604. The number of aromatic carboxylic acids is 1. The molecule has 0 aliphatic carbocycles. The van der Waals surface area contributed by atoms with Crippen LogP contribution in [-0.2, 0) is 0 Å². The van der Waals surface area contributed by atoms with Crippen LogP contribution in [0.1, 0.15) is 10.4 Å². The third kappa shape index (κ3) is 5.58. The number of hydrogen-bond donors (Lipinski definition) is 3. The molecule has 0 radical (unpaired) electrons. The molecule has 29 heavy (non-hydrogen) atoms. The minimum atomic E-state index is -1.32. The van der Waals surface area contributed by atoms with Crippen LogP contribution in [0.5, 0.6) is 0 Å². The van der Waals surface area contributed by atoms with Crippen molar-refractivity contribution in [2.24, 2.45) is 0 Å². The molecule has 12 nitrogen and oxygen atoms in total. The molecule has 0 spiro atoms. The molecule has 14 heteroatoms. The summed E-state index contributed by atoms with van der Waals surface area (Å²) in [6.07, 6.45) is 2.90. The summed E-state index contributed by atoms with van der Waals surface area (Å²) >= 11 is 7.13. The van der Waals surface area contributed by atoms with Crippen molar-refractivity contribution in [2.75, 3.05) is 35.7 Å². The number of carbonyl (C=O) groups is 1. The molecule has 3 aromatic rings. The van der Waals surface area contributed by atoms with Gasteiger partial charge in [0.1, 0.15) is 0 Å². The highest BCUT2D eigenvalue weighted by Gasteiger charge is 2.17. The molecule has 0 aromatic carbocycles. The molecule has 0 unspecified atom stereocenters. The number of nitrogens with two attached hydrogens (primary N) is 1. The van der Waals surface area contributed by atoms with Crippen molar-refractivity contribution in [3.63, 3.8) is 0 Å². The lowest BCUT2D eigenvalue weighted by atomic mass is 10.3. The minimum Gasteiger partial charge on any atom is -0.545 e. The van der Waals surface area contributed by atoms with Crippen LogP contribution < -0.4 is 26.0 Å². The van der Waals surface area contributed by atoms with Crippen LogP contribution in [-0.4, -0.2) is 55.2 Å². The molecule has 0 bridgehead atoms. The number of carboxylic acid groups (broad SMARTS) is 1. The second kappa shape index (κ2) is 9.25. The van der Waals surface area contributed by atoms with E-state index in [0.29, 0.717) is 29.4 Å². The number of pyridine rings is 1. The summed E-state index contributed by atoms with van der Waals surface area (Å²) in [7, 11) is 1.67. The number of nitrogen functional groups attached to an aromatic ring is 1. The number of anilines is 3. The molecular formula is C15H15ClN10O2S. The first-order valence-corrected chi connectivity index (χ1v) is 9.47. The molecule has 4 N–H and O–H groups in total. The lowest BCUT2D eigenvalue weighted by Crippen LogP contribution is -2.36. The van der Waals surface area contributed by atoms with Crippen LogP contribution >= 0.6 is 23.4 Å². The first kappa shape index (κ1) is 19.0. The average Bonchev–Trinajstić information content (AvgIpc) is 2.76. The van der Waals surface area contributed by atoms with Crippen LogP contribution in [0.2, 0.25) is 6.70 Å². The van der Waals surface area contributed by atoms with Gasteiger partial charge in [-0.1, -0.05) is 11.8 Å². The third-order valence-corrected chi connectivity index (χ3v) is 4.34. The van der Waals surface area contributed by atoms with E-state index in [1.807, 2.05) is 0 Å². The van der Waals surface area contributed by atoms with Gasteiger partial charge in [0.25, 0.3) is 5.16 Å². The van der Waals surface area contributed by atoms with Crippen LogP contribution in [0, 0.1) is 0 Å². The molecule has 0 aliphatic rings. The standard InChI is InChI=1S/C15H15ClN10O2S/c1-18-12-20-10(16)21-13(24-12)19-4-6-29-15-23-11(17)22-14(25-15)26-5-2-3-8(7-26)9(27)28/h2-3,5,7H,4,6H2,1H3,(H4-,17,18,19,20,21,22,23,24,25,27,28)/i/hD. The maximum absolute atomic E-state index is 11.1. The Kier molecular flexibility index (Phi) is 6.07. The van der Waals surface area contributed by atoms with E-state index in [2.05, 4.69) is 46.3 Å². The number of carbonyl (C=O) groups excluding carboxylic acids is 1. The van der Waals surface area contributed by atoms with Crippen molar-refractivity contribution in [1.82, 2.24) is 29.9 Å². The van der Waals surface area contributed by atoms with Gasteiger partial charge in [0.15, 0.2) is 1.41 Å². The summed E-state index contributed by atoms with van der Waals surface area (Å²) < 4.78 is 8.72. The largest absolute Gasteiger partial charge is 0.545 e. The predicted octanol–water partition coefficient (Wildman–Crippen LogP) is -0.822. The van der Waals surface area contributed by atoms with Crippen molar-refractivity contribution in [1.29, 1.82) is 0 Å². The lowest BCUT2D eigenvalue weighted by Gasteiger charge is -2.05. The highest BCUT2D eigenvalue weighted by atomic mass is 35.5. The van der Waals surface area contributed by atoms with E-state index in [1.54, 1.807) is 13.2 Å². The number of nitrogens with zero attached hydrogens (tertiary/aromatic N) is 7. The highest BCUT2D eigenvalue weighted by molar-refractivity contribution is 7.99. The fourth-order valence-electron chi connectivity index (χ4n) is 2.09. The number of nitrogens with one attached hydrogen (secondary N) is 2. The Morgan fingerprint density at radius 1 is 1.31 bits per heavy atom. The second-order valence-corrected chi connectivity index (χ2v) is 6.71. The molecule has 3 aromatic heterocycles. The number of aromatic nitrogens is 7. The number of thioether (sulfide) groups is 1. The molecule has 0 amide bonds. The van der Waals surface area contributed by atoms with Gasteiger partial charge in [-0.3, -0.25) is 0 Å². The maximum Gasteiger partial charge on any atom is 0.443 e. The smallest absolute Gasteiger partial charge is 0.443 e. The van der Waals surface area contributed by atoms with Crippen molar-refractivity contribution >= 4 is 47.2 Å². The fraction of sp³-hybridized carbons (Fsp3) is 0.200. The van der Waals surface area contributed by atoms with Crippen LogP contribution in [0.4, 0.5) is 17.8 Å². The van der Waals surface area contributed by atoms with Gasteiger partial charge in [-0.25, -0.2) is 4.57 Å². The second-order valence-electron chi connectivity index (χ2n) is 5.31. The van der Waals surface area contributed by atoms with Crippen molar-refractivity contribution in [3.05, 3.63) is 35.4 Å². The van der Waals surface area contributed by atoms with E-state index in [0.717, 1.165) is 0 Å². The molecule has 0 saturated heterocycles. The van der Waals surface area contributed by atoms with Gasteiger partial charge in [0.05, 0.1) is 18.4 Å². The van der Waals surface area contributed by atoms with E-state index < -0.39 is 5.97 Å². The summed E-state index contributed by atoms with van der Waals surface area (Å²) in [6, 6.07) is 2.92. The average molecular weight is 436 g/mol.